The predicted molar refractivity (Wildman–Crippen MR) is 63.1 cm³/mol. The number of hydrogen-bond donors (Lipinski definition) is 2. The lowest BCUT2D eigenvalue weighted by Crippen LogP contribution is -2.25. The topological polar surface area (TPSA) is 92.3 Å². The van der Waals surface area contributed by atoms with Crippen LogP contribution in [0.1, 0.15) is 22.5 Å². The standard InChI is InChI=1S/C11H16N4O2/c1-7-9(10(16)17)5-13-11(14-7)15-3-2-8(4-12)6-15/h5,8H,2-4,6,12H2,1H3,(H,16,17). The molecule has 1 aromatic heterocycles. The van der Waals surface area contributed by atoms with Crippen molar-refractivity contribution in [1.29, 1.82) is 0 Å². The number of aryl methyl sites for hydroxylation is 1. The molecular formula is C11H16N4O2. The van der Waals surface area contributed by atoms with Crippen LogP contribution in [0.15, 0.2) is 6.20 Å². The van der Waals surface area contributed by atoms with Gasteiger partial charge in [0.25, 0.3) is 0 Å². The predicted octanol–water partition coefficient (Wildman–Crippen LogP) is 0.268. The van der Waals surface area contributed by atoms with Gasteiger partial charge in [-0.2, -0.15) is 0 Å². The molecule has 1 unspecified atom stereocenters. The maximum Gasteiger partial charge on any atom is 0.339 e. The van der Waals surface area contributed by atoms with E-state index in [1.165, 1.54) is 6.20 Å². The summed E-state index contributed by atoms with van der Waals surface area (Å²) in [7, 11) is 0. The first-order valence-electron chi connectivity index (χ1n) is 5.63. The van der Waals surface area contributed by atoms with Crippen molar-refractivity contribution in [2.24, 2.45) is 11.7 Å². The Kier molecular flexibility index (Phi) is 3.23. The zero-order valence-corrected chi connectivity index (χ0v) is 9.76. The van der Waals surface area contributed by atoms with Gasteiger partial charge in [-0.15, -0.1) is 0 Å². The number of carboxylic acid groups (broad SMARTS) is 1. The van der Waals surface area contributed by atoms with Gasteiger partial charge in [-0.3, -0.25) is 0 Å². The Bertz CT molecular complexity index is 435. The van der Waals surface area contributed by atoms with E-state index in [0.29, 0.717) is 24.1 Å². The lowest BCUT2D eigenvalue weighted by Gasteiger charge is -2.16. The zero-order valence-electron chi connectivity index (χ0n) is 9.76. The molecule has 0 aromatic carbocycles. The van der Waals surface area contributed by atoms with Gasteiger partial charge in [0.15, 0.2) is 0 Å². The second kappa shape index (κ2) is 4.67. The van der Waals surface area contributed by atoms with Gasteiger partial charge in [0.05, 0.1) is 11.3 Å². The van der Waals surface area contributed by atoms with Crippen molar-refractivity contribution in [2.45, 2.75) is 13.3 Å². The van der Waals surface area contributed by atoms with Crippen LogP contribution >= 0.6 is 0 Å². The fourth-order valence-corrected chi connectivity index (χ4v) is 2.02. The molecule has 6 heteroatoms. The summed E-state index contributed by atoms with van der Waals surface area (Å²) in [5.74, 6) is 0.0943. The first kappa shape index (κ1) is 11.8. The highest BCUT2D eigenvalue weighted by molar-refractivity contribution is 5.88. The van der Waals surface area contributed by atoms with Gasteiger partial charge < -0.3 is 15.7 Å². The third kappa shape index (κ3) is 2.36. The lowest BCUT2D eigenvalue weighted by molar-refractivity contribution is 0.0695. The van der Waals surface area contributed by atoms with Crippen molar-refractivity contribution in [3.63, 3.8) is 0 Å². The van der Waals surface area contributed by atoms with Crippen LogP contribution in [0.5, 0.6) is 0 Å². The minimum absolute atomic E-state index is 0.156. The van der Waals surface area contributed by atoms with Crippen LogP contribution in [0, 0.1) is 12.8 Å². The molecule has 92 valence electrons. The third-order valence-corrected chi connectivity index (χ3v) is 3.10. The van der Waals surface area contributed by atoms with E-state index in [0.717, 1.165) is 19.5 Å². The maximum absolute atomic E-state index is 10.8. The van der Waals surface area contributed by atoms with Gasteiger partial charge >= 0.3 is 5.97 Å². The number of hydrogen-bond acceptors (Lipinski definition) is 5. The van der Waals surface area contributed by atoms with E-state index < -0.39 is 5.97 Å². The van der Waals surface area contributed by atoms with Gasteiger partial charge in [-0.25, -0.2) is 14.8 Å². The van der Waals surface area contributed by atoms with E-state index in [-0.39, 0.29) is 5.56 Å². The average Bonchev–Trinajstić information content (AvgIpc) is 2.76. The fraction of sp³-hybridized carbons (Fsp3) is 0.545. The summed E-state index contributed by atoms with van der Waals surface area (Å²) in [6.45, 7) is 4.09. The Labute approximate surface area is 99.5 Å². The van der Waals surface area contributed by atoms with E-state index in [1.807, 2.05) is 0 Å². The number of carboxylic acids is 1. The van der Waals surface area contributed by atoms with Crippen LogP contribution in [-0.4, -0.2) is 40.7 Å². The van der Waals surface area contributed by atoms with E-state index in [2.05, 4.69) is 14.9 Å². The van der Waals surface area contributed by atoms with E-state index >= 15 is 0 Å². The number of nitrogens with zero attached hydrogens (tertiary/aromatic N) is 3. The molecular weight excluding hydrogens is 220 g/mol. The van der Waals surface area contributed by atoms with Gasteiger partial charge in [0, 0.05) is 19.3 Å². The first-order chi connectivity index (χ1) is 8.11. The number of rotatable bonds is 3. The number of aromatic carboxylic acids is 1. The van der Waals surface area contributed by atoms with Crippen LogP contribution in [0.4, 0.5) is 5.95 Å². The molecule has 0 amide bonds. The van der Waals surface area contributed by atoms with Crippen LogP contribution in [-0.2, 0) is 0 Å². The minimum Gasteiger partial charge on any atom is -0.478 e. The minimum atomic E-state index is -0.990. The number of carbonyl (C=O) groups is 1. The van der Waals surface area contributed by atoms with E-state index in [1.54, 1.807) is 6.92 Å². The monoisotopic (exact) mass is 236 g/mol. The lowest BCUT2D eigenvalue weighted by atomic mass is 10.1. The molecule has 17 heavy (non-hydrogen) atoms. The molecule has 1 fully saturated rings. The zero-order chi connectivity index (χ0) is 12.4. The maximum atomic E-state index is 10.8. The van der Waals surface area contributed by atoms with Crippen molar-refractivity contribution in [2.75, 3.05) is 24.5 Å². The van der Waals surface area contributed by atoms with Crippen molar-refractivity contribution in [3.05, 3.63) is 17.5 Å². The SMILES string of the molecule is Cc1nc(N2CCC(CN)C2)ncc1C(=O)O. The summed E-state index contributed by atoms with van der Waals surface area (Å²) >= 11 is 0. The molecule has 2 heterocycles. The summed E-state index contributed by atoms with van der Waals surface area (Å²) in [5, 5.41) is 8.89. The largest absolute Gasteiger partial charge is 0.478 e. The molecule has 0 aliphatic carbocycles. The molecule has 0 radical (unpaired) electrons. The van der Waals surface area contributed by atoms with Crippen molar-refractivity contribution in [3.8, 4) is 0 Å². The Balaban J connectivity index is 2.18. The Morgan fingerprint density at radius 3 is 3.00 bits per heavy atom. The Morgan fingerprint density at radius 1 is 1.71 bits per heavy atom. The van der Waals surface area contributed by atoms with Gasteiger partial charge in [-0.1, -0.05) is 0 Å². The number of nitrogens with two attached hydrogens (primary N) is 1. The molecule has 0 saturated carbocycles. The highest BCUT2D eigenvalue weighted by Gasteiger charge is 2.23. The fourth-order valence-electron chi connectivity index (χ4n) is 2.02. The quantitative estimate of drug-likeness (QED) is 0.782. The molecule has 1 saturated heterocycles. The van der Waals surface area contributed by atoms with E-state index in [4.69, 9.17) is 10.8 Å². The van der Waals surface area contributed by atoms with Crippen molar-refractivity contribution < 1.29 is 9.90 Å². The van der Waals surface area contributed by atoms with Gasteiger partial charge in [-0.05, 0) is 25.8 Å². The smallest absolute Gasteiger partial charge is 0.339 e. The van der Waals surface area contributed by atoms with Gasteiger partial charge in [0.1, 0.15) is 0 Å². The molecule has 1 aromatic rings. The Hall–Kier alpha value is -1.69. The second-order valence-corrected chi connectivity index (χ2v) is 4.31. The normalized spacial score (nSPS) is 19.6. The molecule has 6 nitrogen and oxygen atoms in total. The van der Waals surface area contributed by atoms with Crippen molar-refractivity contribution >= 4 is 11.9 Å². The number of aromatic nitrogens is 2. The molecule has 1 aliphatic rings. The van der Waals surface area contributed by atoms with Crippen LogP contribution in [0.2, 0.25) is 0 Å². The summed E-state index contributed by atoms with van der Waals surface area (Å²) in [4.78, 5) is 21.2. The summed E-state index contributed by atoms with van der Waals surface area (Å²) in [5.41, 5.74) is 6.28. The van der Waals surface area contributed by atoms with Gasteiger partial charge in [0.2, 0.25) is 5.95 Å². The Morgan fingerprint density at radius 2 is 2.47 bits per heavy atom. The summed E-state index contributed by atoms with van der Waals surface area (Å²) in [6, 6.07) is 0. The van der Waals surface area contributed by atoms with Crippen LogP contribution in [0.25, 0.3) is 0 Å². The molecule has 0 spiro atoms. The number of anilines is 1. The summed E-state index contributed by atoms with van der Waals surface area (Å²) < 4.78 is 0. The molecule has 0 bridgehead atoms. The average molecular weight is 236 g/mol. The van der Waals surface area contributed by atoms with E-state index in [9.17, 15) is 4.79 Å². The summed E-state index contributed by atoms with van der Waals surface area (Å²) in [6.07, 6.45) is 2.41. The van der Waals surface area contributed by atoms with Crippen LogP contribution in [0.3, 0.4) is 0 Å². The highest BCUT2D eigenvalue weighted by Crippen LogP contribution is 2.20. The van der Waals surface area contributed by atoms with Crippen LogP contribution < -0.4 is 10.6 Å². The van der Waals surface area contributed by atoms with Crippen molar-refractivity contribution in [1.82, 2.24) is 9.97 Å². The molecule has 1 atom stereocenters. The molecule has 2 rings (SSSR count). The molecule has 3 N–H and O–H groups in total. The third-order valence-electron chi connectivity index (χ3n) is 3.10. The second-order valence-electron chi connectivity index (χ2n) is 4.31. The first-order valence-corrected chi connectivity index (χ1v) is 5.63. The molecule has 1 aliphatic heterocycles. The highest BCUT2D eigenvalue weighted by atomic mass is 16.4.